The van der Waals surface area contributed by atoms with Gasteiger partial charge in [0.05, 0.1) is 24.0 Å². The molecule has 3 rings (SSSR count). The van der Waals surface area contributed by atoms with Crippen LogP contribution in [0.1, 0.15) is 5.76 Å². The van der Waals surface area contributed by atoms with Crippen molar-refractivity contribution in [3.05, 3.63) is 60.7 Å². The molecular formula is C16H13N3O3. The highest BCUT2D eigenvalue weighted by Gasteiger charge is 2.15. The number of rotatable bonds is 3. The summed E-state index contributed by atoms with van der Waals surface area (Å²) in [5.74, 6) is -0.901. The number of anilines is 1. The first-order valence-corrected chi connectivity index (χ1v) is 6.69. The van der Waals surface area contributed by atoms with Crippen LogP contribution in [0.15, 0.2) is 59.3 Å². The summed E-state index contributed by atoms with van der Waals surface area (Å²) in [4.78, 5) is 27.9. The minimum atomic E-state index is -0.746. The highest BCUT2D eigenvalue weighted by molar-refractivity contribution is 6.40. The fraction of sp³-hybridized carbons (Fsp3) is 0.0625. The molecule has 110 valence electrons. The number of benzene rings is 1. The Bertz CT molecular complexity index is 807. The van der Waals surface area contributed by atoms with Gasteiger partial charge in [0.2, 0.25) is 0 Å². The van der Waals surface area contributed by atoms with E-state index in [1.54, 1.807) is 30.5 Å². The molecule has 0 radical (unpaired) electrons. The minimum absolute atomic E-state index is 0.160. The second-order valence-corrected chi connectivity index (χ2v) is 4.60. The highest BCUT2D eigenvalue weighted by atomic mass is 16.3. The number of furan rings is 1. The normalized spacial score (nSPS) is 10.4. The average Bonchev–Trinajstić information content (AvgIpc) is 3.06. The van der Waals surface area contributed by atoms with Gasteiger partial charge >= 0.3 is 11.8 Å². The van der Waals surface area contributed by atoms with E-state index >= 15 is 0 Å². The molecule has 0 aliphatic rings. The lowest BCUT2D eigenvalue weighted by Crippen LogP contribution is -2.34. The summed E-state index contributed by atoms with van der Waals surface area (Å²) < 4.78 is 5.08. The number of nitrogens with one attached hydrogen (secondary N) is 2. The topological polar surface area (TPSA) is 84.2 Å². The monoisotopic (exact) mass is 295 g/mol. The number of aromatic nitrogens is 1. The highest BCUT2D eigenvalue weighted by Crippen LogP contribution is 2.20. The fourth-order valence-electron chi connectivity index (χ4n) is 2.04. The molecule has 0 saturated carbocycles. The Morgan fingerprint density at radius 3 is 2.73 bits per heavy atom. The largest absolute Gasteiger partial charge is 0.467 e. The third kappa shape index (κ3) is 2.95. The Labute approximate surface area is 126 Å². The molecule has 1 aromatic carbocycles. The Balaban J connectivity index is 1.69. The van der Waals surface area contributed by atoms with Crippen molar-refractivity contribution in [2.75, 3.05) is 5.32 Å². The molecule has 0 aliphatic carbocycles. The van der Waals surface area contributed by atoms with Gasteiger partial charge in [-0.15, -0.1) is 0 Å². The number of para-hydroxylation sites is 1. The van der Waals surface area contributed by atoms with Gasteiger partial charge in [0.25, 0.3) is 0 Å². The zero-order valence-corrected chi connectivity index (χ0v) is 11.6. The predicted molar refractivity (Wildman–Crippen MR) is 80.9 cm³/mol. The maximum absolute atomic E-state index is 11.9. The van der Waals surface area contributed by atoms with E-state index in [1.807, 2.05) is 18.2 Å². The summed E-state index contributed by atoms with van der Waals surface area (Å²) >= 11 is 0. The van der Waals surface area contributed by atoms with Crippen LogP contribution in [0.4, 0.5) is 5.69 Å². The Morgan fingerprint density at radius 1 is 1.05 bits per heavy atom. The molecule has 0 fully saturated rings. The molecule has 22 heavy (non-hydrogen) atoms. The maximum Gasteiger partial charge on any atom is 0.313 e. The van der Waals surface area contributed by atoms with Gasteiger partial charge in [-0.25, -0.2) is 0 Å². The van der Waals surface area contributed by atoms with Gasteiger partial charge in [-0.2, -0.15) is 0 Å². The summed E-state index contributed by atoms with van der Waals surface area (Å²) in [5.41, 5.74) is 1.13. The van der Waals surface area contributed by atoms with Gasteiger partial charge in [0.15, 0.2) is 0 Å². The Hall–Kier alpha value is -3.15. The van der Waals surface area contributed by atoms with Crippen LogP contribution in [0.3, 0.4) is 0 Å². The molecule has 3 aromatic rings. The van der Waals surface area contributed by atoms with E-state index in [-0.39, 0.29) is 6.54 Å². The number of carbonyl (C=O) groups excluding carboxylic acids is 2. The molecule has 2 amide bonds. The fourth-order valence-corrected chi connectivity index (χ4v) is 2.04. The van der Waals surface area contributed by atoms with Crippen LogP contribution >= 0.6 is 0 Å². The second kappa shape index (κ2) is 6.09. The van der Waals surface area contributed by atoms with Crippen LogP contribution in [0.25, 0.3) is 10.9 Å². The third-order valence-electron chi connectivity index (χ3n) is 3.09. The van der Waals surface area contributed by atoms with Gasteiger partial charge in [0.1, 0.15) is 5.76 Å². The molecule has 0 bridgehead atoms. The second-order valence-electron chi connectivity index (χ2n) is 4.60. The number of hydrogen-bond donors (Lipinski definition) is 2. The number of carbonyl (C=O) groups is 2. The number of nitrogens with zero attached hydrogens (tertiary/aromatic N) is 1. The zero-order chi connectivity index (χ0) is 15.4. The molecule has 6 nitrogen and oxygen atoms in total. The van der Waals surface area contributed by atoms with Crippen LogP contribution in [0.5, 0.6) is 0 Å². The number of fused-ring (bicyclic) bond motifs is 1. The summed E-state index contributed by atoms with van der Waals surface area (Å²) in [6, 6.07) is 12.5. The van der Waals surface area contributed by atoms with E-state index in [1.165, 1.54) is 6.26 Å². The molecule has 2 N–H and O–H groups in total. The molecule has 0 aliphatic heterocycles. The predicted octanol–water partition coefficient (Wildman–Crippen LogP) is 2.08. The molecule has 2 aromatic heterocycles. The SMILES string of the molecule is O=C(NCc1ccco1)C(=O)Nc1cccc2cccnc12. The summed E-state index contributed by atoms with van der Waals surface area (Å²) in [5, 5.41) is 5.94. The van der Waals surface area contributed by atoms with Crippen molar-refractivity contribution in [1.82, 2.24) is 10.3 Å². The van der Waals surface area contributed by atoms with E-state index in [0.717, 1.165) is 5.39 Å². The van der Waals surface area contributed by atoms with Crippen LogP contribution in [-0.4, -0.2) is 16.8 Å². The van der Waals surface area contributed by atoms with Crippen LogP contribution in [-0.2, 0) is 16.1 Å². The summed E-state index contributed by atoms with van der Waals surface area (Å²) in [6.07, 6.45) is 3.14. The lowest BCUT2D eigenvalue weighted by Gasteiger charge is -2.07. The van der Waals surface area contributed by atoms with Crippen molar-refractivity contribution in [3.8, 4) is 0 Å². The van der Waals surface area contributed by atoms with Crippen molar-refractivity contribution >= 4 is 28.4 Å². The first kappa shape index (κ1) is 13.8. The zero-order valence-electron chi connectivity index (χ0n) is 11.6. The lowest BCUT2D eigenvalue weighted by molar-refractivity contribution is -0.136. The van der Waals surface area contributed by atoms with E-state index in [0.29, 0.717) is 17.0 Å². The quantitative estimate of drug-likeness (QED) is 0.725. The van der Waals surface area contributed by atoms with Gasteiger partial charge in [0, 0.05) is 11.6 Å². The third-order valence-corrected chi connectivity index (χ3v) is 3.09. The molecule has 0 atom stereocenters. The van der Waals surface area contributed by atoms with Gasteiger partial charge in [-0.3, -0.25) is 14.6 Å². The van der Waals surface area contributed by atoms with Crippen LogP contribution in [0.2, 0.25) is 0 Å². The molecular weight excluding hydrogens is 282 g/mol. The molecule has 6 heteroatoms. The van der Waals surface area contributed by atoms with Gasteiger partial charge < -0.3 is 15.1 Å². The maximum atomic E-state index is 11.9. The van der Waals surface area contributed by atoms with Crippen molar-refractivity contribution in [2.45, 2.75) is 6.54 Å². The van der Waals surface area contributed by atoms with Crippen molar-refractivity contribution < 1.29 is 14.0 Å². The smallest absolute Gasteiger partial charge is 0.313 e. The molecule has 0 spiro atoms. The first-order valence-electron chi connectivity index (χ1n) is 6.69. The number of hydrogen-bond acceptors (Lipinski definition) is 4. The Kier molecular flexibility index (Phi) is 3.82. The molecule has 0 unspecified atom stereocenters. The molecule has 2 heterocycles. The number of amides is 2. The van der Waals surface area contributed by atoms with E-state index in [2.05, 4.69) is 15.6 Å². The average molecular weight is 295 g/mol. The summed E-state index contributed by atoms with van der Waals surface area (Å²) in [7, 11) is 0. The Morgan fingerprint density at radius 2 is 1.91 bits per heavy atom. The van der Waals surface area contributed by atoms with Crippen molar-refractivity contribution in [2.24, 2.45) is 0 Å². The van der Waals surface area contributed by atoms with E-state index in [9.17, 15) is 9.59 Å². The van der Waals surface area contributed by atoms with Crippen LogP contribution in [0, 0.1) is 0 Å². The minimum Gasteiger partial charge on any atom is -0.467 e. The van der Waals surface area contributed by atoms with Crippen molar-refractivity contribution in [3.63, 3.8) is 0 Å². The summed E-state index contributed by atoms with van der Waals surface area (Å²) in [6.45, 7) is 0.160. The first-order chi connectivity index (χ1) is 10.7. The standard InChI is InChI=1S/C16H13N3O3/c20-15(18-10-12-6-3-9-22-12)16(21)19-13-7-1-4-11-5-2-8-17-14(11)13/h1-9H,10H2,(H,18,20)(H,19,21). The van der Waals surface area contributed by atoms with Gasteiger partial charge in [-0.05, 0) is 24.3 Å². The van der Waals surface area contributed by atoms with Crippen LogP contribution < -0.4 is 10.6 Å². The van der Waals surface area contributed by atoms with E-state index in [4.69, 9.17) is 4.42 Å². The van der Waals surface area contributed by atoms with Gasteiger partial charge in [-0.1, -0.05) is 18.2 Å². The molecule has 0 saturated heterocycles. The van der Waals surface area contributed by atoms with E-state index < -0.39 is 11.8 Å². The number of pyridine rings is 1. The lowest BCUT2D eigenvalue weighted by atomic mass is 10.2. The van der Waals surface area contributed by atoms with Crippen molar-refractivity contribution in [1.29, 1.82) is 0 Å².